The van der Waals surface area contributed by atoms with Crippen LogP contribution in [-0.2, 0) is 4.79 Å². The molecular weight excluding hydrogens is 232 g/mol. The van der Waals surface area contributed by atoms with Crippen molar-refractivity contribution in [2.24, 2.45) is 0 Å². The van der Waals surface area contributed by atoms with Crippen molar-refractivity contribution in [3.63, 3.8) is 0 Å². The predicted octanol–water partition coefficient (Wildman–Crippen LogP) is 2.29. The quantitative estimate of drug-likeness (QED) is 0.844. The lowest BCUT2D eigenvalue weighted by Crippen LogP contribution is -2.09. The molecule has 2 N–H and O–H groups in total. The molecule has 18 heavy (non-hydrogen) atoms. The summed E-state index contributed by atoms with van der Waals surface area (Å²) in [6.07, 6.45) is 1.69. The molecule has 2 rings (SSSR count). The van der Waals surface area contributed by atoms with Crippen molar-refractivity contribution < 1.29 is 14.6 Å². The van der Waals surface area contributed by atoms with E-state index in [2.05, 4.69) is 10.3 Å². The molecule has 0 saturated heterocycles. The SMILES string of the molecule is O=C(O)COc1cccc(Nc2ccccn2)c1. The van der Waals surface area contributed by atoms with Gasteiger partial charge in [0.2, 0.25) is 0 Å². The fourth-order valence-corrected chi connectivity index (χ4v) is 1.39. The van der Waals surface area contributed by atoms with Crippen molar-refractivity contribution in [2.75, 3.05) is 11.9 Å². The van der Waals surface area contributed by atoms with Crippen LogP contribution < -0.4 is 10.1 Å². The number of carboxylic acid groups (broad SMARTS) is 1. The van der Waals surface area contributed by atoms with Crippen LogP contribution in [0.1, 0.15) is 0 Å². The Bertz CT molecular complexity index is 529. The molecule has 0 unspecified atom stereocenters. The topological polar surface area (TPSA) is 71.5 Å². The van der Waals surface area contributed by atoms with Crippen LogP contribution in [0, 0.1) is 0 Å². The number of aromatic nitrogens is 1. The lowest BCUT2D eigenvalue weighted by atomic mass is 10.3. The highest BCUT2D eigenvalue weighted by molar-refractivity contribution is 5.68. The summed E-state index contributed by atoms with van der Waals surface area (Å²) in [5, 5.41) is 11.6. The van der Waals surface area contributed by atoms with E-state index in [0.29, 0.717) is 11.6 Å². The third-order valence-electron chi connectivity index (χ3n) is 2.13. The van der Waals surface area contributed by atoms with Crippen molar-refractivity contribution in [1.29, 1.82) is 0 Å². The normalized spacial score (nSPS) is 9.78. The first kappa shape index (κ1) is 11.9. The molecule has 1 aromatic carbocycles. The number of carbonyl (C=O) groups is 1. The number of hydrogen-bond acceptors (Lipinski definition) is 4. The minimum absolute atomic E-state index is 0.354. The minimum atomic E-state index is -1.00. The van der Waals surface area contributed by atoms with Gasteiger partial charge in [0.15, 0.2) is 6.61 Å². The van der Waals surface area contributed by atoms with Gasteiger partial charge in [-0.15, -0.1) is 0 Å². The van der Waals surface area contributed by atoms with Crippen molar-refractivity contribution in [3.05, 3.63) is 48.7 Å². The molecule has 5 heteroatoms. The molecule has 0 atom stereocenters. The second-order valence-corrected chi connectivity index (χ2v) is 3.55. The maximum absolute atomic E-state index is 10.4. The van der Waals surface area contributed by atoms with Gasteiger partial charge >= 0.3 is 5.97 Å². The highest BCUT2D eigenvalue weighted by atomic mass is 16.5. The van der Waals surface area contributed by atoms with E-state index >= 15 is 0 Å². The molecule has 2 aromatic rings. The monoisotopic (exact) mass is 244 g/mol. The zero-order chi connectivity index (χ0) is 12.8. The van der Waals surface area contributed by atoms with Gasteiger partial charge in [-0.1, -0.05) is 12.1 Å². The van der Waals surface area contributed by atoms with Gasteiger partial charge in [0.1, 0.15) is 11.6 Å². The number of nitrogens with zero attached hydrogens (tertiary/aromatic N) is 1. The van der Waals surface area contributed by atoms with Crippen LogP contribution >= 0.6 is 0 Å². The Labute approximate surface area is 104 Å². The van der Waals surface area contributed by atoms with Crippen LogP contribution in [0.5, 0.6) is 5.75 Å². The number of carboxylic acids is 1. The molecule has 0 bridgehead atoms. The standard InChI is InChI=1S/C13H12N2O3/c16-13(17)9-18-11-5-3-4-10(8-11)15-12-6-1-2-7-14-12/h1-8H,9H2,(H,14,15)(H,16,17). The maximum atomic E-state index is 10.4. The minimum Gasteiger partial charge on any atom is -0.482 e. The van der Waals surface area contributed by atoms with E-state index in [-0.39, 0.29) is 6.61 Å². The number of nitrogens with one attached hydrogen (secondary N) is 1. The Morgan fingerprint density at radius 2 is 2.17 bits per heavy atom. The molecule has 0 spiro atoms. The smallest absolute Gasteiger partial charge is 0.341 e. The first-order chi connectivity index (χ1) is 8.74. The van der Waals surface area contributed by atoms with E-state index in [1.807, 2.05) is 24.3 Å². The van der Waals surface area contributed by atoms with Crippen LogP contribution in [0.4, 0.5) is 11.5 Å². The van der Waals surface area contributed by atoms with E-state index in [4.69, 9.17) is 9.84 Å². The molecule has 1 aromatic heterocycles. The van der Waals surface area contributed by atoms with Crippen molar-refractivity contribution in [3.8, 4) is 5.75 Å². The molecule has 0 fully saturated rings. The molecule has 1 heterocycles. The summed E-state index contributed by atoms with van der Waals surface area (Å²) < 4.78 is 5.09. The van der Waals surface area contributed by atoms with Crippen LogP contribution in [0.3, 0.4) is 0 Å². The van der Waals surface area contributed by atoms with Crippen molar-refractivity contribution >= 4 is 17.5 Å². The van der Waals surface area contributed by atoms with E-state index in [1.54, 1.807) is 24.4 Å². The number of anilines is 2. The number of ether oxygens (including phenoxy) is 1. The van der Waals surface area contributed by atoms with Crippen molar-refractivity contribution in [2.45, 2.75) is 0 Å². The number of pyridine rings is 1. The molecule has 0 saturated carbocycles. The summed E-state index contributed by atoms with van der Waals surface area (Å²) in [5.41, 5.74) is 0.789. The van der Waals surface area contributed by atoms with E-state index in [9.17, 15) is 4.79 Å². The summed E-state index contributed by atoms with van der Waals surface area (Å²) in [5.74, 6) is 0.212. The highest BCUT2D eigenvalue weighted by Gasteiger charge is 2.01. The third-order valence-corrected chi connectivity index (χ3v) is 2.13. The number of rotatable bonds is 5. The summed E-state index contributed by atoms with van der Waals surface area (Å²) in [7, 11) is 0. The highest BCUT2D eigenvalue weighted by Crippen LogP contribution is 2.20. The van der Waals surface area contributed by atoms with Gasteiger partial charge in [-0.05, 0) is 24.3 Å². The summed E-state index contributed by atoms with van der Waals surface area (Å²) in [6.45, 7) is -0.354. The Morgan fingerprint density at radius 1 is 1.28 bits per heavy atom. The molecule has 0 aliphatic rings. The average molecular weight is 244 g/mol. The van der Waals surface area contributed by atoms with Gasteiger partial charge < -0.3 is 15.2 Å². The van der Waals surface area contributed by atoms with Crippen LogP contribution in [0.25, 0.3) is 0 Å². The summed E-state index contributed by atoms with van der Waals surface area (Å²) in [6, 6.07) is 12.6. The van der Waals surface area contributed by atoms with Crippen LogP contribution in [0.15, 0.2) is 48.7 Å². The molecule has 0 aliphatic heterocycles. The van der Waals surface area contributed by atoms with Crippen molar-refractivity contribution in [1.82, 2.24) is 4.98 Å². The van der Waals surface area contributed by atoms with E-state index < -0.39 is 5.97 Å². The van der Waals surface area contributed by atoms with Gasteiger partial charge in [0, 0.05) is 18.0 Å². The zero-order valence-corrected chi connectivity index (χ0v) is 9.54. The Hall–Kier alpha value is -2.56. The van der Waals surface area contributed by atoms with E-state index in [1.165, 1.54) is 0 Å². The Morgan fingerprint density at radius 3 is 2.89 bits per heavy atom. The summed E-state index contributed by atoms with van der Waals surface area (Å²) in [4.78, 5) is 14.5. The maximum Gasteiger partial charge on any atom is 0.341 e. The van der Waals surface area contributed by atoms with Gasteiger partial charge in [-0.2, -0.15) is 0 Å². The molecule has 0 aliphatic carbocycles. The first-order valence-corrected chi connectivity index (χ1v) is 5.37. The molecule has 0 radical (unpaired) electrons. The largest absolute Gasteiger partial charge is 0.482 e. The second kappa shape index (κ2) is 5.67. The third kappa shape index (κ3) is 3.48. The van der Waals surface area contributed by atoms with Crippen LogP contribution in [-0.4, -0.2) is 22.7 Å². The van der Waals surface area contributed by atoms with Crippen LogP contribution in [0.2, 0.25) is 0 Å². The number of benzene rings is 1. The molecular formula is C13H12N2O3. The first-order valence-electron chi connectivity index (χ1n) is 5.37. The van der Waals surface area contributed by atoms with Gasteiger partial charge in [-0.3, -0.25) is 0 Å². The zero-order valence-electron chi connectivity index (χ0n) is 9.54. The Kier molecular flexibility index (Phi) is 3.76. The molecule has 92 valence electrons. The lowest BCUT2D eigenvalue weighted by Gasteiger charge is -2.07. The number of hydrogen-bond donors (Lipinski definition) is 2. The Balaban J connectivity index is 2.05. The fraction of sp³-hybridized carbons (Fsp3) is 0.0769. The average Bonchev–Trinajstić information content (AvgIpc) is 2.38. The number of aliphatic carboxylic acids is 1. The second-order valence-electron chi connectivity index (χ2n) is 3.55. The predicted molar refractivity (Wildman–Crippen MR) is 67.1 cm³/mol. The summed E-state index contributed by atoms with van der Waals surface area (Å²) >= 11 is 0. The van der Waals surface area contributed by atoms with Gasteiger partial charge in [0.05, 0.1) is 0 Å². The van der Waals surface area contributed by atoms with E-state index in [0.717, 1.165) is 5.69 Å². The fourth-order valence-electron chi connectivity index (χ4n) is 1.39. The van der Waals surface area contributed by atoms with Gasteiger partial charge in [0.25, 0.3) is 0 Å². The molecule has 0 amide bonds. The molecule has 5 nitrogen and oxygen atoms in total. The van der Waals surface area contributed by atoms with Gasteiger partial charge in [-0.25, -0.2) is 9.78 Å². The lowest BCUT2D eigenvalue weighted by molar-refractivity contribution is -0.139.